The molecule has 13 heavy (non-hydrogen) atoms. The van der Waals surface area contributed by atoms with Gasteiger partial charge in [0, 0.05) is 13.3 Å². The third-order valence-electron chi connectivity index (χ3n) is 1.31. The van der Waals surface area contributed by atoms with Gasteiger partial charge in [0.2, 0.25) is 0 Å². The van der Waals surface area contributed by atoms with Crippen LogP contribution in [0, 0.1) is 0 Å². The molecule has 0 aromatic heterocycles. The van der Waals surface area contributed by atoms with Crippen molar-refractivity contribution in [2.75, 3.05) is 0 Å². The fourth-order valence-corrected chi connectivity index (χ4v) is 0.815. The Morgan fingerprint density at radius 1 is 1.54 bits per heavy atom. The first-order valence-corrected chi connectivity index (χ1v) is 4.18. The van der Waals surface area contributed by atoms with Crippen LogP contribution in [0.2, 0.25) is 0 Å². The second kappa shape index (κ2) is 6.23. The highest BCUT2D eigenvalue weighted by Crippen LogP contribution is 2.03. The number of esters is 1. The molecule has 0 bridgehead atoms. The molecule has 0 aliphatic rings. The van der Waals surface area contributed by atoms with Crippen molar-refractivity contribution in [3.63, 3.8) is 0 Å². The molecule has 0 N–H and O–H groups in total. The van der Waals surface area contributed by atoms with Gasteiger partial charge in [-0.2, -0.15) is 0 Å². The quantitative estimate of drug-likeness (QED) is 0.369. The molecule has 2 nitrogen and oxygen atoms in total. The van der Waals surface area contributed by atoms with Gasteiger partial charge in [-0.3, -0.25) is 4.79 Å². The third-order valence-corrected chi connectivity index (χ3v) is 1.31. The first kappa shape index (κ1) is 11.7. The average molecular weight is 180 g/mol. The van der Waals surface area contributed by atoms with E-state index in [1.165, 1.54) is 6.92 Å². The maximum absolute atomic E-state index is 10.7. The molecule has 0 aromatic rings. The van der Waals surface area contributed by atoms with Crippen molar-refractivity contribution in [2.24, 2.45) is 0 Å². The first-order valence-electron chi connectivity index (χ1n) is 4.18. The van der Waals surface area contributed by atoms with Crippen LogP contribution >= 0.6 is 0 Å². The third kappa shape index (κ3) is 7.06. The van der Waals surface area contributed by atoms with Crippen molar-refractivity contribution in [3.8, 4) is 0 Å². The van der Waals surface area contributed by atoms with E-state index in [1.54, 1.807) is 6.08 Å². The smallest absolute Gasteiger partial charge is 0.303 e. The largest absolute Gasteiger partial charge is 0.458 e. The summed E-state index contributed by atoms with van der Waals surface area (Å²) in [6, 6.07) is 0. The van der Waals surface area contributed by atoms with Gasteiger partial charge in [-0.1, -0.05) is 24.3 Å². The Morgan fingerprint density at radius 3 is 2.54 bits per heavy atom. The zero-order valence-corrected chi connectivity index (χ0v) is 8.25. The molecule has 1 unspecified atom stereocenters. The molecule has 0 saturated carbocycles. The van der Waals surface area contributed by atoms with Crippen LogP contribution in [0.5, 0.6) is 0 Å². The van der Waals surface area contributed by atoms with Crippen molar-refractivity contribution >= 4 is 5.97 Å². The highest BCUT2D eigenvalue weighted by Gasteiger charge is 2.04. The lowest BCUT2D eigenvalue weighted by Crippen LogP contribution is -2.12. The number of carbonyl (C=O) groups excluding carboxylic acids is 1. The minimum Gasteiger partial charge on any atom is -0.458 e. The van der Waals surface area contributed by atoms with Gasteiger partial charge >= 0.3 is 5.97 Å². The molecule has 0 spiro atoms. The monoisotopic (exact) mass is 180 g/mol. The Balaban J connectivity index is 4.15. The van der Waals surface area contributed by atoms with E-state index in [0.717, 1.165) is 5.57 Å². The summed E-state index contributed by atoms with van der Waals surface area (Å²) in [5, 5.41) is 0. The first-order chi connectivity index (χ1) is 6.06. The summed E-state index contributed by atoms with van der Waals surface area (Å²) in [4.78, 5) is 10.7. The van der Waals surface area contributed by atoms with E-state index in [2.05, 4.69) is 13.2 Å². The van der Waals surface area contributed by atoms with Crippen LogP contribution in [0.3, 0.4) is 0 Å². The van der Waals surface area contributed by atoms with Crippen LogP contribution in [-0.2, 0) is 9.53 Å². The summed E-state index contributed by atoms with van der Waals surface area (Å²) < 4.78 is 5.00. The number of carbonyl (C=O) groups is 1. The fraction of sp³-hybridized carbons (Fsp3) is 0.364. The fourth-order valence-electron chi connectivity index (χ4n) is 0.815. The second-order valence-corrected chi connectivity index (χ2v) is 2.88. The van der Waals surface area contributed by atoms with Crippen molar-refractivity contribution in [2.45, 2.75) is 26.4 Å². The maximum Gasteiger partial charge on any atom is 0.303 e. The van der Waals surface area contributed by atoms with Gasteiger partial charge < -0.3 is 4.74 Å². The molecule has 0 amide bonds. The zero-order chi connectivity index (χ0) is 10.3. The Bertz CT molecular complexity index is 226. The van der Waals surface area contributed by atoms with E-state index in [0.29, 0.717) is 6.42 Å². The summed E-state index contributed by atoms with van der Waals surface area (Å²) in [7, 11) is 0. The lowest BCUT2D eigenvalue weighted by molar-refractivity contribution is -0.143. The van der Waals surface area contributed by atoms with E-state index in [-0.39, 0.29) is 12.1 Å². The summed E-state index contributed by atoms with van der Waals surface area (Å²) in [6.45, 7) is 10.6. The summed E-state index contributed by atoms with van der Waals surface area (Å²) in [5.41, 5.74) is 0.932. The highest BCUT2D eigenvalue weighted by atomic mass is 16.5. The van der Waals surface area contributed by atoms with Crippen LogP contribution in [0.4, 0.5) is 0 Å². The predicted octanol–water partition coefficient (Wildman–Crippen LogP) is 2.63. The number of hydrogen-bond donors (Lipinski definition) is 0. The molecule has 0 aliphatic carbocycles. The van der Waals surface area contributed by atoms with Gasteiger partial charge in [0.05, 0.1) is 0 Å². The normalized spacial score (nSPS) is 12.5. The van der Waals surface area contributed by atoms with Gasteiger partial charge in [-0.05, 0) is 13.0 Å². The Kier molecular flexibility index (Phi) is 5.60. The predicted molar refractivity (Wildman–Crippen MR) is 54.3 cm³/mol. The molecule has 72 valence electrons. The van der Waals surface area contributed by atoms with Crippen LogP contribution < -0.4 is 0 Å². The lowest BCUT2D eigenvalue weighted by Gasteiger charge is -2.10. The molecule has 0 fully saturated rings. The van der Waals surface area contributed by atoms with Gasteiger partial charge in [-0.15, -0.1) is 6.58 Å². The van der Waals surface area contributed by atoms with E-state index in [4.69, 9.17) is 4.74 Å². The van der Waals surface area contributed by atoms with Gasteiger partial charge in [0.25, 0.3) is 0 Å². The maximum atomic E-state index is 10.7. The van der Waals surface area contributed by atoms with Crippen molar-refractivity contribution < 1.29 is 9.53 Å². The minimum absolute atomic E-state index is 0.216. The van der Waals surface area contributed by atoms with E-state index in [9.17, 15) is 4.79 Å². The van der Waals surface area contributed by atoms with E-state index in [1.807, 2.05) is 19.1 Å². The van der Waals surface area contributed by atoms with Crippen molar-refractivity contribution in [3.05, 3.63) is 37.0 Å². The van der Waals surface area contributed by atoms with E-state index >= 15 is 0 Å². The van der Waals surface area contributed by atoms with Gasteiger partial charge in [-0.25, -0.2) is 0 Å². The minimum atomic E-state index is -0.279. The molecule has 2 heteroatoms. The molecule has 0 rings (SSSR count). The molecule has 0 aliphatic heterocycles. The summed E-state index contributed by atoms with van der Waals surface area (Å²) >= 11 is 0. The number of hydrogen-bond acceptors (Lipinski definition) is 2. The molecule has 1 atom stereocenters. The van der Waals surface area contributed by atoms with Gasteiger partial charge in [0.15, 0.2) is 0 Å². The molecule has 0 saturated heterocycles. The Labute approximate surface area is 79.6 Å². The van der Waals surface area contributed by atoms with Crippen molar-refractivity contribution in [1.82, 2.24) is 0 Å². The topological polar surface area (TPSA) is 26.3 Å². The summed E-state index contributed by atoms with van der Waals surface area (Å²) in [6.07, 6.45) is 5.77. The number of rotatable bonds is 5. The SMILES string of the molecule is C=CCC(/C=C/C(=C)C)OC(C)=O. The average Bonchev–Trinajstić information content (AvgIpc) is 1.99. The van der Waals surface area contributed by atoms with Crippen LogP contribution in [0.1, 0.15) is 20.3 Å². The molecule has 0 aromatic carbocycles. The number of ether oxygens (including phenoxy) is 1. The standard InChI is InChI=1S/C11H16O2/c1-5-6-11(13-10(4)12)8-7-9(2)3/h5,7-8,11H,1-2,6H2,3-4H3/b8-7+. The van der Waals surface area contributed by atoms with E-state index < -0.39 is 0 Å². The molecule has 0 radical (unpaired) electrons. The van der Waals surface area contributed by atoms with Gasteiger partial charge in [0.1, 0.15) is 6.10 Å². The summed E-state index contributed by atoms with van der Waals surface area (Å²) in [5.74, 6) is -0.279. The lowest BCUT2D eigenvalue weighted by atomic mass is 10.2. The Morgan fingerprint density at radius 2 is 2.15 bits per heavy atom. The van der Waals surface area contributed by atoms with Crippen molar-refractivity contribution in [1.29, 1.82) is 0 Å². The van der Waals surface area contributed by atoms with Crippen LogP contribution in [0.15, 0.2) is 37.0 Å². The molecular weight excluding hydrogens is 164 g/mol. The molecular formula is C11H16O2. The number of allylic oxidation sites excluding steroid dienone is 2. The van der Waals surface area contributed by atoms with Crippen LogP contribution in [0.25, 0.3) is 0 Å². The zero-order valence-electron chi connectivity index (χ0n) is 8.25. The second-order valence-electron chi connectivity index (χ2n) is 2.88. The highest BCUT2D eigenvalue weighted by molar-refractivity contribution is 5.66. The molecule has 0 heterocycles. The Hall–Kier alpha value is -1.31. The van der Waals surface area contributed by atoms with Crippen LogP contribution in [-0.4, -0.2) is 12.1 Å².